The molecule has 2 aliphatic carbocycles. The second-order valence-electron chi connectivity index (χ2n) is 9.54. The van der Waals surface area contributed by atoms with E-state index >= 15 is 0 Å². The van der Waals surface area contributed by atoms with Crippen LogP contribution in [-0.2, 0) is 9.53 Å². The molecule has 0 radical (unpaired) electrons. The third kappa shape index (κ3) is 2.34. The summed E-state index contributed by atoms with van der Waals surface area (Å²) >= 11 is 0. The lowest BCUT2D eigenvalue weighted by molar-refractivity contribution is -0.135. The van der Waals surface area contributed by atoms with Crippen molar-refractivity contribution < 1.29 is 9.53 Å². The van der Waals surface area contributed by atoms with Crippen LogP contribution in [0.15, 0.2) is 42.5 Å². The van der Waals surface area contributed by atoms with Crippen LogP contribution in [0, 0.1) is 22.7 Å². The Balaban J connectivity index is 1.59. The summed E-state index contributed by atoms with van der Waals surface area (Å²) < 4.78 is 6.44. The van der Waals surface area contributed by atoms with Crippen molar-refractivity contribution in [2.45, 2.75) is 52.2 Å². The largest absolute Gasteiger partial charge is 0.373 e. The van der Waals surface area contributed by atoms with Crippen molar-refractivity contribution in [1.82, 2.24) is 5.32 Å². The van der Waals surface area contributed by atoms with E-state index in [2.05, 4.69) is 61.6 Å². The zero-order valence-electron chi connectivity index (χ0n) is 16.5. The highest BCUT2D eigenvalue weighted by Gasteiger charge is 2.68. The van der Waals surface area contributed by atoms with Crippen molar-refractivity contribution in [2.75, 3.05) is 6.61 Å². The minimum atomic E-state index is 0.0990. The second-order valence-corrected chi connectivity index (χ2v) is 9.54. The monoisotopic (exact) mass is 363 g/mol. The highest BCUT2D eigenvalue weighted by atomic mass is 16.5. The lowest BCUT2D eigenvalue weighted by atomic mass is 9.58. The molecule has 2 bridgehead atoms. The van der Waals surface area contributed by atoms with E-state index in [4.69, 9.17) is 4.74 Å². The first-order valence-electron chi connectivity index (χ1n) is 10.3. The summed E-state index contributed by atoms with van der Waals surface area (Å²) in [5.41, 5.74) is 1.65. The summed E-state index contributed by atoms with van der Waals surface area (Å²) in [5.74, 6) is 1.23. The zero-order valence-corrected chi connectivity index (χ0v) is 16.5. The van der Waals surface area contributed by atoms with Crippen LogP contribution in [0.3, 0.4) is 0 Å². The van der Waals surface area contributed by atoms with Crippen molar-refractivity contribution in [2.24, 2.45) is 22.7 Å². The van der Waals surface area contributed by atoms with Gasteiger partial charge in [-0.3, -0.25) is 4.79 Å². The third-order valence-electron chi connectivity index (χ3n) is 7.98. The van der Waals surface area contributed by atoms with Gasteiger partial charge < -0.3 is 10.1 Å². The molecular weight excluding hydrogens is 334 g/mol. The number of rotatable bonds is 2. The Bertz CT molecular complexity index is 899. The first-order chi connectivity index (χ1) is 12.9. The lowest BCUT2D eigenvalue weighted by Gasteiger charge is -2.53. The summed E-state index contributed by atoms with van der Waals surface area (Å²) in [6.07, 6.45) is 3.61. The van der Waals surface area contributed by atoms with Crippen molar-refractivity contribution in [3.63, 3.8) is 0 Å². The summed E-state index contributed by atoms with van der Waals surface area (Å²) in [6.45, 7) is 7.15. The maximum Gasteiger partial charge on any atom is 0.217 e. The van der Waals surface area contributed by atoms with E-state index < -0.39 is 0 Å². The highest BCUT2D eigenvalue weighted by molar-refractivity contribution is 5.86. The molecule has 1 amide bonds. The summed E-state index contributed by atoms with van der Waals surface area (Å²) in [4.78, 5) is 12.0. The topological polar surface area (TPSA) is 38.3 Å². The molecule has 1 N–H and O–H groups in total. The van der Waals surface area contributed by atoms with E-state index in [9.17, 15) is 4.79 Å². The quantitative estimate of drug-likeness (QED) is 0.828. The van der Waals surface area contributed by atoms with Gasteiger partial charge in [0.2, 0.25) is 5.91 Å². The summed E-state index contributed by atoms with van der Waals surface area (Å²) in [6, 6.07) is 15.5. The number of nitrogens with one attached hydrogen (secondary N) is 1. The van der Waals surface area contributed by atoms with Crippen molar-refractivity contribution in [1.29, 1.82) is 0 Å². The van der Waals surface area contributed by atoms with Crippen LogP contribution >= 0.6 is 0 Å². The fourth-order valence-electron chi connectivity index (χ4n) is 6.80. The number of ether oxygens (including phenoxy) is 1. The van der Waals surface area contributed by atoms with E-state index in [-0.39, 0.29) is 28.9 Å². The first-order valence-corrected chi connectivity index (χ1v) is 10.3. The molecule has 0 aromatic heterocycles. The zero-order chi connectivity index (χ0) is 18.8. The van der Waals surface area contributed by atoms with Gasteiger partial charge in [-0.25, -0.2) is 0 Å². The van der Waals surface area contributed by atoms with Crippen LogP contribution in [0.5, 0.6) is 0 Å². The van der Waals surface area contributed by atoms with E-state index in [1.807, 2.05) is 0 Å². The van der Waals surface area contributed by atoms with Crippen molar-refractivity contribution in [3.8, 4) is 0 Å². The molecule has 2 aromatic rings. The average Bonchev–Trinajstić information content (AvgIpc) is 3.14. The van der Waals surface area contributed by atoms with Crippen molar-refractivity contribution >= 4 is 16.7 Å². The molecule has 3 fully saturated rings. The fraction of sp³-hybridized carbons (Fsp3) is 0.542. The molecule has 142 valence electrons. The molecule has 3 nitrogen and oxygen atoms in total. The van der Waals surface area contributed by atoms with Crippen LogP contribution in [-0.4, -0.2) is 18.6 Å². The van der Waals surface area contributed by atoms with E-state index in [1.54, 1.807) is 6.92 Å². The molecule has 27 heavy (non-hydrogen) atoms. The van der Waals surface area contributed by atoms with Crippen LogP contribution in [0.25, 0.3) is 10.8 Å². The number of fused-ring (bicyclic) bond motifs is 2. The normalized spacial score (nSPS) is 36.6. The Hall–Kier alpha value is -1.87. The molecule has 2 aromatic carbocycles. The molecule has 5 rings (SSSR count). The van der Waals surface area contributed by atoms with Crippen LogP contribution in [0.4, 0.5) is 0 Å². The SMILES string of the molecule is CC(=O)N[C@H]1C(C)(C)[C@@H]2C[C@@H]3[C@@H](c4cccc5ccccc45)OCC[C@@]31C2. The Labute approximate surface area is 161 Å². The van der Waals surface area contributed by atoms with Gasteiger partial charge in [0, 0.05) is 19.6 Å². The molecule has 1 saturated heterocycles. The number of hydrogen-bond donors (Lipinski definition) is 1. The Morgan fingerprint density at radius 3 is 2.74 bits per heavy atom. The highest BCUT2D eigenvalue weighted by Crippen LogP contribution is 2.70. The molecule has 5 atom stereocenters. The van der Waals surface area contributed by atoms with Gasteiger partial charge in [-0.05, 0) is 58.3 Å². The molecular formula is C24H29NO2. The van der Waals surface area contributed by atoms with Gasteiger partial charge in [0.25, 0.3) is 0 Å². The predicted molar refractivity (Wildman–Crippen MR) is 107 cm³/mol. The van der Waals surface area contributed by atoms with E-state index in [1.165, 1.54) is 29.2 Å². The number of benzene rings is 2. The lowest BCUT2D eigenvalue weighted by Crippen LogP contribution is -2.58. The smallest absolute Gasteiger partial charge is 0.217 e. The third-order valence-corrected chi connectivity index (χ3v) is 7.98. The average molecular weight is 364 g/mol. The molecule has 1 heterocycles. The number of carbonyl (C=O) groups excluding carboxylic acids is 1. The van der Waals surface area contributed by atoms with Gasteiger partial charge in [-0.1, -0.05) is 56.3 Å². The standard InChI is InChI=1S/C24H29NO2/c1-15(26)25-22-23(2,3)17-13-20-21(27-12-11-24(20,22)14-17)19-10-6-8-16-7-4-5-9-18(16)19/h4-10,17,20-22H,11-14H2,1-3H3,(H,25,26)/t17-,20-,21-,22+,24-/m1/s1. The summed E-state index contributed by atoms with van der Waals surface area (Å²) in [7, 11) is 0. The van der Waals surface area contributed by atoms with Gasteiger partial charge >= 0.3 is 0 Å². The maximum atomic E-state index is 12.0. The number of hydrogen-bond acceptors (Lipinski definition) is 2. The molecule has 1 aliphatic heterocycles. The van der Waals surface area contributed by atoms with E-state index in [0.717, 1.165) is 13.0 Å². The van der Waals surface area contributed by atoms with Crippen LogP contribution < -0.4 is 5.32 Å². The van der Waals surface area contributed by atoms with Gasteiger partial charge in [-0.15, -0.1) is 0 Å². The molecule has 3 aliphatic rings. The minimum absolute atomic E-state index is 0.0990. The fourth-order valence-corrected chi connectivity index (χ4v) is 6.80. The number of amides is 1. The summed E-state index contributed by atoms with van der Waals surface area (Å²) in [5, 5.41) is 5.95. The number of carbonyl (C=O) groups is 1. The molecule has 3 heteroatoms. The maximum absolute atomic E-state index is 12.0. The Morgan fingerprint density at radius 2 is 1.93 bits per heavy atom. The predicted octanol–water partition coefficient (Wildman–Crippen LogP) is 4.86. The van der Waals surface area contributed by atoms with Crippen LogP contribution in [0.1, 0.15) is 51.7 Å². The second kappa shape index (κ2) is 5.81. The Morgan fingerprint density at radius 1 is 1.15 bits per heavy atom. The van der Waals surface area contributed by atoms with Gasteiger partial charge in [-0.2, -0.15) is 0 Å². The minimum Gasteiger partial charge on any atom is -0.373 e. The van der Waals surface area contributed by atoms with E-state index in [0.29, 0.717) is 11.8 Å². The Kier molecular flexibility index (Phi) is 3.71. The van der Waals surface area contributed by atoms with Gasteiger partial charge in [0.1, 0.15) is 0 Å². The van der Waals surface area contributed by atoms with Crippen LogP contribution in [0.2, 0.25) is 0 Å². The first kappa shape index (κ1) is 17.2. The van der Waals surface area contributed by atoms with Gasteiger partial charge in [0.05, 0.1) is 6.10 Å². The molecule has 1 spiro atoms. The van der Waals surface area contributed by atoms with Gasteiger partial charge in [0.15, 0.2) is 0 Å². The van der Waals surface area contributed by atoms with Crippen molar-refractivity contribution in [3.05, 3.63) is 48.0 Å². The molecule has 0 unspecified atom stereocenters. The molecule has 2 saturated carbocycles.